The van der Waals surface area contributed by atoms with Crippen LogP contribution in [-0.4, -0.2) is 4.98 Å². The van der Waals surface area contributed by atoms with E-state index in [0.717, 1.165) is 11.8 Å². The van der Waals surface area contributed by atoms with E-state index < -0.39 is 0 Å². The van der Waals surface area contributed by atoms with Crippen LogP contribution in [0.1, 0.15) is 65.6 Å². The molecule has 0 radical (unpaired) electrons. The molecule has 1 heteroatoms. The molecule has 2 aromatic rings. The van der Waals surface area contributed by atoms with Gasteiger partial charge in [0.05, 0.1) is 0 Å². The van der Waals surface area contributed by atoms with Crippen molar-refractivity contribution in [2.45, 2.75) is 67.2 Å². The lowest BCUT2D eigenvalue weighted by Gasteiger charge is -2.10. The van der Waals surface area contributed by atoms with Crippen molar-refractivity contribution in [3.8, 4) is 0 Å². The zero-order chi connectivity index (χ0) is 15.8. The average molecular weight is 287 g/mol. The second kappa shape index (κ2) is 8.92. The minimum atomic E-state index is 0.833. The van der Waals surface area contributed by atoms with E-state index in [4.69, 9.17) is 0 Å². The molecule has 0 aliphatic heterocycles. The molecule has 0 amide bonds. The SMILES string of the molecule is CC(C)C.CC(C)C.c1ccc2c3c([nH]c2c1)CCCC3. The number of H-pyrrole nitrogens is 1. The Morgan fingerprint density at radius 1 is 0.810 bits per heavy atom. The third kappa shape index (κ3) is 6.37. The minimum absolute atomic E-state index is 0.833. The summed E-state index contributed by atoms with van der Waals surface area (Å²) in [6.45, 7) is 13.0. The summed E-state index contributed by atoms with van der Waals surface area (Å²) in [6, 6.07) is 8.64. The number of nitrogens with one attached hydrogen (secondary N) is 1. The molecule has 0 saturated heterocycles. The first-order valence-corrected chi connectivity index (χ1v) is 8.50. The Balaban J connectivity index is 0.000000234. The molecule has 0 atom stereocenters. The highest BCUT2D eigenvalue weighted by atomic mass is 14.7. The van der Waals surface area contributed by atoms with Crippen LogP contribution in [0.4, 0.5) is 0 Å². The van der Waals surface area contributed by atoms with Gasteiger partial charge in [-0.2, -0.15) is 0 Å². The Morgan fingerprint density at radius 2 is 1.33 bits per heavy atom. The summed E-state index contributed by atoms with van der Waals surface area (Å²) in [5.41, 5.74) is 4.36. The molecule has 0 unspecified atom stereocenters. The summed E-state index contributed by atoms with van der Waals surface area (Å²) >= 11 is 0. The van der Waals surface area contributed by atoms with E-state index in [1.807, 2.05) is 0 Å². The summed E-state index contributed by atoms with van der Waals surface area (Å²) < 4.78 is 0. The van der Waals surface area contributed by atoms with Crippen molar-refractivity contribution in [3.05, 3.63) is 35.5 Å². The predicted octanol–water partition coefficient (Wildman–Crippen LogP) is 6.37. The Bertz CT molecular complexity index is 508. The molecule has 118 valence electrons. The zero-order valence-electron chi connectivity index (χ0n) is 14.8. The molecule has 0 spiro atoms. The van der Waals surface area contributed by atoms with Crippen molar-refractivity contribution in [3.63, 3.8) is 0 Å². The molecular formula is C20H33N. The van der Waals surface area contributed by atoms with Gasteiger partial charge in [-0.1, -0.05) is 59.7 Å². The van der Waals surface area contributed by atoms with E-state index in [9.17, 15) is 0 Å². The average Bonchev–Trinajstić information content (AvgIpc) is 2.76. The second-order valence-corrected chi connectivity index (χ2v) is 7.30. The van der Waals surface area contributed by atoms with Gasteiger partial charge in [-0.05, 0) is 49.1 Å². The molecule has 1 N–H and O–H groups in total. The number of aromatic nitrogens is 1. The van der Waals surface area contributed by atoms with E-state index >= 15 is 0 Å². The highest BCUT2D eigenvalue weighted by Crippen LogP contribution is 2.28. The molecule has 1 aromatic heterocycles. The Kier molecular flexibility index (Phi) is 7.56. The van der Waals surface area contributed by atoms with Crippen molar-refractivity contribution in [2.24, 2.45) is 11.8 Å². The number of benzene rings is 1. The number of fused-ring (bicyclic) bond motifs is 3. The van der Waals surface area contributed by atoms with Gasteiger partial charge in [-0.25, -0.2) is 0 Å². The Hall–Kier alpha value is -1.24. The van der Waals surface area contributed by atoms with E-state index in [0.29, 0.717) is 0 Å². The van der Waals surface area contributed by atoms with E-state index in [1.54, 1.807) is 5.56 Å². The lowest BCUT2D eigenvalue weighted by atomic mass is 9.96. The van der Waals surface area contributed by atoms with E-state index in [2.05, 4.69) is 70.8 Å². The highest BCUT2D eigenvalue weighted by Gasteiger charge is 2.13. The Labute approximate surface area is 131 Å². The van der Waals surface area contributed by atoms with Crippen LogP contribution in [0.5, 0.6) is 0 Å². The van der Waals surface area contributed by atoms with Gasteiger partial charge < -0.3 is 4.98 Å². The summed E-state index contributed by atoms with van der Waals surface area (Å²) in [5, 5.41) is 1.44. The Morgan fingerprint density at radius 3 is 1.95 bits per heavy atom. The van der Waals surface area contributed by atoms with Crippen LogP contribution in [0.3, 0.4) is 0 Å². The lowest BCUT2D eigenvalue weighted by Crippen LogP contribution is -1.99. The number of hydrogen-bond acceptors (Lipinski definition) is 0. The first-order valence-electron chi connectivity index (χ1n) is 8.50. The second-order valence-electron chi connectivity index (χ2n) is 7.30. The summed E-state index contributed by atoms with van der Waals surface area (Å²) in [4.78, 5) is 3.52. The summed E-state index contributed by atoms with van der Waals surface area (Å²) in [5.74, 6) is 1.67. The van der Waals surface area contributed by atoms with Crippen molar-refractivity contribution < 1.29 is 0 Å². The maximum Gasteiger partial charge on any atom is 0.0458 e. The van der Waals surface area contributed by atoms with Crippen molar-refractivity contribution in [1.82, 2.24) is 4.98 Å². The lowest BCUT2D eigenvalue weighted by molar-refractivity contribution is 0.680. The van der Waals surface area contributed by atoms with Crippen LogP contribution in [0.15, 0.2) is 24.3 Å². The number of aryl methyl sites for hydroxylation is 2. The fourth-order valence-electron chi connectivity index (χ4n) is 2.36. The summed E-state index contributed by atoms with van der Waals surface area (Å²) in [6.07, 6.45) is 5.21. The molecule has 3 rings (SSSR count). The first-order chi connectivity index (χ1) is 9.91. The van der Waals surface area contributed by atoms with Crippen molar-refractivity contribution >= 4 is 10.9 Å². The number of rotatable bonds is 0. The van der Waals surface area contributed by atoms with Crippen LogP contribution in [0, 0.1) is 11.8 Å². The van der Waals surface area contributed by atoms with Crippen LogP contribution >= 0.6 is 0 Å². The van der Waals surface area contributed by atoms with Gasteiger partial charge in [0.15, 0.2) is 0 Å². The van der Waals surface area contributed by atoms with E-state index in [-0.39, 0.29) is 0 Å². The molecule has 0 saturated carbocycles. The van der Waals surface area contributed by atoms with Crippen molar-refractivity contribution in [1.29, 1.82) is 0 Å². The number of aromatic amines is 1. The smallest absolute Gasteiger partial charge is 0.0458 e. The minimum Gasteiger partial charge on any atom is -0.358 e. The topological polar surface area (TPSA) is 15.8 Å². The van der Waals surface area contributed by atoms with Gasteiger partial charge in [-0.3, -0.25) is 0 Å². The number of para-hydroxylation sites is 1. The van der Waals surface area contributed by atoms with Crippen molar-refractivity contribution in [2.75, 3.05) is 0 Å². The normalized spacial score (nSPS) is 13.3. The van der Waals surface area contributed by atoms with Gasteiger partial charge >= 0.3 is 0 Å². The molecule has 1 aliphatic rings. The van der Waals surface area contributed by atoms with Gasteiger partial charge in [0.1, 0.15) is 0 Å². The molecule has 1 aliphatic carbocycles. The van der Waals surface area contributed by atoms with Gasteiger partial charge in [0.25, 0.3) is 0 Å². The van der Waals surface area contributed by atoms with Crippen LogP contribution in [0.2, 0.25) is 0 Å². The first kappa shape index (κ1) is 17.8. The molecule has 0 bridgehead atoms. The van der Waals surface area contributed by atoms with E-state index in [1.165, 1.54) is 42.3 Å². The summed E-state index contributed by atoms with van der Waals surface area (Å²) in [7, 11) is 0. The molecule has 1 heterocycles. The monoisotopic (exact) mass is 287 g/mol. The third-order valence-corrected chi connectivity index (χ3v) is 3.01. The molecule has 0 fully saturated rings. The maximum absolute atomic E-state index is 3.52. The van der Waals surface area contributed by atoms with Crippen LogP contribution in [0.25, 0.3) is 10.9 Å². The molecule has 1 aromatic carbocycles. The highest BCUT2D eigenvalue weighted by molar-refractivity contribution is 5.84. The van der Waals surface area contributed by atoms with Crippen LogP contribution in [-0.2, 0) is 12.8 Å². The van der Waals surface area contributed by atoms with Gasteiger partial charge in [0.2, 0.25) is 0 Å². The molecule has 1 nitrogen and oxygen atoms in total. The fourth-order valence-corrected chi connectivity index (χ4v) is 2.36. The zero-order valence-corrected chi connectivity index (χ0v) is 14.8. The molecule has 21 heavy (non-hydrogen) atoms. The molecular weight excluding hydrogens is 254 g/mol. The van der Waals surface area contributed by atoms with Gasteiger partial charge in [0, 0.05) is 16.6 Å². The standard InChI is InChI=1S/C12H13N.2C4H10/c1-3-7-11-9(5-1)10-6-2-4-8-12(10)13-11;2*1-4(2)3/h1,3,5,7,13H,2,4,6,8H2;2*4H,1-3H3. The largest absolute Gasteiger partial charge is 0.358 e. The number of hydrogen-bond donors (Lipinski definition) is 1. The maximum atomic E-state index is 3.52. The van der Waals surface area contributed by atoms with Gasteiger partial charge in [-0.15, -0.1) is 0 Å². The fraction of sp³-hybridized carbons (Fsp3) is 0.600. The third-order valence-electron chi connectivity index (χ3n) is 3.01. The quantitative estimate of drug-likeness (QED) is 0.579. The predicted molar refractivity (Wildman–Crippen MR) is 96.0 cm³/mol. The van der Waals surface area contributed by atoms with Crippen LogP contribution < -0.4 is 0 Å².